The first-order valence-corrected chi connectivity index (χ1v) is 4.69. The van der Waals surface area contributed by atoms with Gasteiger partial charge in [-0.2, -0.15) is 0 Å². The molecule has 0 aromatic heterocycles. The first-order chi connectivity index (χ1) is 7.63. The highest BCUT2D eigenvalue weighted by atomic mass is 19.1. The molecule has 0 atom stereocenters. The van der Waals surface area contributed by atoms with Crippen LogP contribution in [0.1, 0.15) is 10.4 Å². The molecule has 0 unspecified atom stereocenters. The number of halogens is 1. The first-order valence-electron chi connectivity index (χ1n) is 4.69. The zero-order valence-corrected chi connectivity index (χ0v) is 8.66. The Kier molecular flexibility index (Phi) is 2.48. The van der Waals surface area contributed by atoms with E-state index in [4.69, 9.17) is 5.73 Å². The molecule has 0 radical (unpaired) electrons. The molecular formula is C12H10FNO2. The number of benzene rings is 2. The van der Waals surface area contributed by atoms with Gasteiger partial charge in [0.25, 0.3) is 0 Å². The van der Waals surface area contributed by atoms with Crippen molar-refractivity contribution in [3.63, 3.8) is 0 Å². The number of ether oxygens (including phenoxy) is 1. The summed E-state index contributed by atoms with van der Waals surface area (Å²) in [6.45, 7) is 0. The minimum atomic E-state index is -0.464. The Morgan fingerprint density at radius 3 is 2.75 bits per heavy atom. The van der Waals surface area contributed by atoms with E-state index in [1.807, 2.05) is 0 Å². The molecule has 0 aliphatic rings. The van der Waals surface area contributed by atoms with Crippen LogP contribution in [0.5, 0.6) is 0 Å². The molecule has 0 aliphatic heterocycles. The lowest BCUT2D eigenvalue weighted by molar-refractivity contribution is 0.0601. The molecule has 0 saturated heterocycles. The third-order valence-electron chi connectivity index (χ3n) is 2.41. The van der Waals surface area contributed by atoms with Gasteiger partial charge in [-0.3, -0.25) is 0 Å². The number of methoxy groups -OCH3 is 1. The zero-order chi connectivity index (χ0) is 11.7. The molecule has 2 N–H and O–H groups in total. The monoisotopic (exact) mass is 219 g/mol. The Morgan fingerprint density at radius 1 is 1.31 bits per heavy atom. The second kappa shape index (κ2) is 3.81. The van der Waals surface area contributed by atoms with Crippen molar-refractivity contribution in [3.8, 4) is 0 Å². The molecule has 0 heterocycles. The van der Waals surface area contributed by atoms with Gasteiger partial charge in [-0.05, 0) is 23.6 Å². The molecule has 4 heteroatoms. The fraction of sp³-hybridized carbons (Fsp3) is 0.0833. The van der Waals surface area contributed by atoms with Crippen LogP contribution in [-0.4, -0.2) is 13.1 Å². The van der Waals surface area contributed by atoms with E-state index in [0.717, 1.165) is 0 Å². The molecule has 82 valence electrons. The molecule has 0 bridgehead atoms. The van der Waals surface area contributed by atoms with Gasteiger partial charge in [-0.25, -0.2) is 9.18 Å². The van der Waals surface area contributed by atoms with Gasteiger partial charge in [0.1, 0.15) is 0 Å². The molecule has 3 nitrogen and oxygen atoms in total. The number of nitrogens with two attached hydrogens (primary N) is 1. The Morgan fingerprint density at radius 2 is 2.06 bits per heavy atom. The van der Waals surface area contributed by atoms with E-state index in [-0.39, 0.29) is 5.69 Å². The van der Waals surface area contributed by atoms with E-state index < -0.39 is 11.8 Å². The fourth-order valence-electron chi connectivity index (χ4n) is 1.55. The van der Waals surface area contributed by atoms with Crippen LogP contribution in [0, 0.1) is 5.82 Å². The number of hydrogen-bond acceptors (Lipinski definition) is 3. The van der Waals surface area contributed by atoms with E-state index in [2.05, 4.69) is 4.74 Å². The quantitative estimate of drug-likeness (QED) is 0.591. The maximum atomic E-state index is 13.6. The van der Waals surface area contributed by atoms with Crippen LogP contribution in [0.2, 0.25) is 0 Å². The van der Waals surface area contributed by atoms with Crippen LogP contribution < -0.4 is 5.73 Å². The molecule has 0 aliphatic carbocycles. The predicted octanol–water partition coefficient (Wildman–Crippen LogP) is 2.35. The highest BCUT2D eigenvalue weighted by molar-refractivity contribution is 5.96. The normalized spacial score (nSPS) is 10.4. The average Bonchev–Trinajstić information content (AvgIpc) is 2.32. The summed E-state index contributed by atoms with van der Waals surface area (Å²) in [5.41, 5.74) is 5.93. The molecule has 2 aromatic carbocycles. The molecule has 16 heavy (non-hydrogen) atoms. The van der Waals surface area contributed by atoms with E-state index in [1.54, 1.807) is 12.1 Å². The van der Waals surface area contributed by atoms with Crippen molar-refractivity contribution in [2.75, 3.05) is 12.8 Å². The minimum Gasteiger partial charge on any atom is -0.465 e. The number of carbonyl (C=O) groups excluding carboxylic acids is 1. The highest BCUT2D eigenvalue weighted by Gasteiger charge is 2.09. The van der Waals surface area contributed by atoms with Crippen LogP contribution in [-0.2, 0) is 4.74 Å². The van der Waals surface area contributed by atoms with Crippen LogP contribution in [0.4, 0.5) is 10.1 Å². The standard InChI is InChI=1S/C12H10FNO2/c1-16-12(15)8-2-4-9-7(6-8)3-5-10(14)11(9)13/h2-6H,14H2,1H3. The Labute approximate surface area is 91.6 Å². The highest BCUT2D eigenvalue weighted by Crippen LogP contribution is 2.23. The maximum Gasteiger partial charge on any atom is 0.337 e. The van der Waals surface area contributed by atoms with Gasteiger partial charge >= 0.3 is 5.97 Å². The van der Waals surface area contributed by atoms with E-state index in [9.17, 15) is 9.18 Å². The van der Waals surface area contributed by atoms with Crippen molar-refractivity contribution >= 4 is 22.4 Å². The van der Waals surface area contributed by atoms with Crippen LogP contribution in [0.15, 0.2) is 30.3 Å². The topological polar surface area (TPSA) is 52.3 Å². The Hall–Kier alpha value is -2.10. The third kappa shape index (κ3) is 1.58. The van der Waals surface area contributed by atoms with Crippen molar-refractivity contribution in [1.82, 2.24) is 0 Å². The van der Waals surface area contributed by atoms with E-state index in [0.29, 0.717) is 16.3 Å². The number of hydrogen-bond donors (Lipinski definition) is 1. The minimum absolute atomic E-state index is 0.0957. The van der Waals surface area contributed by atoms with Crippen LogP contribution in [0.3, 0.4) is 0 Å². The third-order valence-corrected chi connectivity index (χ3v) is 2.41. The summed E-state index contributed by atoms with van der Waals surface area (Å²) in [5.74, 6) is -0.909. The summed E-state index contributed by atoms with van der Waals surface area (Å²) in [7, 11) is 1.30. The second-order valence-electron chi connectivity index (χ2n) is 3.40. The van der Waals surface area contributed by atoms with Gasteiger partial charge < -0.3 is 10.5 Å². The molecule has 2 aromatic rings. The van der Waals surface area contributed by atoms with Gasteiger partial charge in [0, 0.05) is 5.39 Å². The van der Waals surface area contributed by atoms with E-state index >= 15 is 0 Å². The largest absolute Gasteiger partial charge is 0.465 e. The number of carbonyl (C=O) groups is 1. The molecular weight excluding hydrogens is 209 g/mol. The SMILES string of the molecule is COC(=O)c1ccc2c(F)c(N)ccc2c1. The lowest BCUT2D eigenvalue weighted by Crippen LogP contribution is -2.01. The van der Waals surface area contributed by atoms with Gasteiger partial charge in [0.05, 0.1) is 18.4 Å². The fourth-order valence-corrected chi connectivity index (χ4v) is 1.55. The van der Waals surface area contributed by atoms with Crippen LogP contribution in [0.25, 0.3) is 10.8 Å². The molecule has 0 spiro atoms. The summed E-state index contributed by atoms with van der Waals surface area (Å²) in [6, 6.07) is 7.74. The van der Waals surface area contributed by atoms with Crippen molar-refractivity contribution in [2.45, 2.75) is 0 Å². The number of nitrogen functional groups attached to an aromatic ring is 1. The van der Waals surface area contributed by atoms with Crippen LogP contribution >= 0.6 is 0 Å². The van der Waals surface area contributed by atoms with Gasteiger partial charge in [0.15, 0.2) is 5.82 Å². The smallest absolute Gasteiger partial charge is 0.337 e. The average molecular weight is 219 g/mol. The number of anilines is 1. The Bertz CT molecular complexity index is 566. The summed E-state index contributed by atoms with van der Waals surface area (Å²) in [6.07, 6.45) is 0. The van der Waals surface area contributed by atoms with Gasteiger partial charge in [0.2, 0.25) is 0 Å². The lowest BCUT2D eigenvalue weighted by Gasteiger charge is -2.04. The van der Waals surface area contributed by atoms with Crippen molar-refractivity contribution in [2.24, 2.45) is 0 Å². The summed E-state index contributed by atoms with van der Waals surface area (Å²) in [4.78, 5) is 11.3. The number of rotatable bonds is 1. The lowest BCUT2D eigenvalue weighted by atomic mass is 10.1. The Balaban J connectivity index is 2.65. The zero-order valence-electron chi connectivity index (χ0n) is 8.66. The number of esters is 1. The second-order valence-corrected chi connectivity index (χ2v) is 3.40. The van der Waals surface area contributed by atoms with Crippen molar-refractivity contribution in [3.05, 3.63) is 41.7 Å². The van der Waals surface area contributed by atoms with Gasteiger partial charge in [-0.15, -0.1) is 0 Å². The van der Waals surface area contributed by atoms with Crippen molar-refractivity contribution < 1.29 is 13.9 Å². The summed E-state index contributed by atoms with van der Waals surface area (Å²) < 4.78 is 18.2. The number of fused-ring (bicyclic) bond motifs is 1. The summed E-state index contributed by atoms with van der Waals surface area (Å²) in [5, 5.41) is 1.02. The van der Waals surface area contributed by atoms with Crippen molar-refractivity contribution in [1.29, 1.82) is 0 Å². The predicted molar refractivity (Wildman–Crippen MR) is 59.7 cm³/mol. The molecule has 0 amide bonds. The molecule has 2 rings (SSSR count). The molecule has 0 saturated carbocycles. The van der Waals surface area contributed by atoms with Gasteiger partial charge in [-0.1, -0.05) is 12.1 Å². The summed E-state index contributed by atoms with van der Waals surface area (Å²) >= 11 is 0. The molecule has 0 fully saturated rings. The van der Waals surface area contributed by atoms with E-state index in [1.165, 1.54) is 25.3 Å². The maximum absolute atomic E-state index is 13.6. The first kappa shape index (κ1) is 10.4.